The Bertz CT molecular complexity index is 439. The molecule has 1 aromatic heterocycles. The summed E-state index contributed by atoms with van der Waals surface area (Å²) in [5.74, 6) is 1.18. The van der Waals surface area contributed by atoms with Gasteiger partial charge in [-0.25, -0.2) is 9.97 Å². The zero-order chi connectivity index (χ0) is 12.8. The van der Waals surface area contributed by atoms with Crippen LogP contribution >= 0.6 is 0 Å². The predicted molar refractivity (Wildman–Crippen MR) is 57.0 cm³/mol. The third kappa shape index (κ3) is 2.03. The standard InChI is InChI=1S/C11H12F3N3O/c12-11(13,14)9-1-10(16-6-15-9)17-2-7-4-18-5-8(7)3-17/h1,6-8H,2-5H2/t7-,8-/m1/s1. The number of hydrogen-bond donors (Lipinski definition) is 0. The van der Waals surface area contributed by atoms with Gasteiger partial charge in [0.1, 0.15) is 17.8 Å². The van der Waals surface area contributed by atoms with Crippen LogP contribution < -0.4 is 4.90 Å². The Morgan fingerprint density at radius 3 is 2.44 bits per heavy atom. The van der Waals surface area contributed by atoms with Crippen LogP contribution in [0.1, 0.15) is 5.69 Å². The molecule has 0 radical (unpaired) electrons. The number of rotatable bonds is 1. The molecule has 18 heavy (non-hydrogen) atoms. The van der Waals surface area contributed by atoms with E-state index in [-0.39, 0.29) is 0 Å². The lowest BCUT2D eigenvalue weighted by Gasteiger charge is -2.19. The van der Waals surface area contributed by atoms with E-state index in [1.807, 2.05) is 4.90 Å². The van der Waals surface area contributed by atoms with Crippen LogP contribution in [0.5, 0.6) is 0 Å². The van der Waals surface area contributed by atoms with E-state index >= 15 is 0 Å². The quantitative estimate of drug-likeness (QED) is 0.767. The number of anilines is 1. The lowest BCUT2D eigenvalue weighted by atomic mass is 10.0. The molecule has 0 bridgehead atoms. The van der Waals surface area contributed by atoms with Gasteiger partial charge in [0.05, 0.1) is 13.2 Å². The SMILES string of the molecule is FC(F)(F)c1cc(N2C[C@@H]3COC[C@H]3C2)ncn1. The molecule has 0 aliphatic carbocycles. The molecule has 4 nitrogen and oxygen atoms in total. The molecule has 0 N–H and O–H groups in total. The van der Waals surface area contributed by atoms with Crippen LogP contribution in [0.2, 0.25) is 0 Å². The van der Waals surface area contributed by atoms with Crippen LogP contribution in [0.3, 0.4) is 0 Å². The highest BCUT2D eigenvalue weighted by Crippen LogP contribution is 2.33. The van der Waals surface area contributed by atoms with Crippen LogP contribution in [0.25, 0.3) is 0 Å². The van der Waals surface area contributed by atoms with Gasteiger partial charge in [0, 0.05) is 31.0 Å². The van der Waals surface area contributed by atoms with E-state index < -0.39 is 11.9 Å². The topological polar surface area (TPSA) is 38.2 Å². The lowest BCUT2D eigenvalue weighted by molar-refractivity contribution is -0.141. The predicted octanol–water partition coefficient (Wildman–Crippen LogP) is 1.58. The summed E-state index contributed by atoms with van der Waals surface area (Å²) in [6.45, 7) is 2.80. The van der Waals surface area contributed by atoms with Crippen molar-refractivity contribution in [2.24, 2.45) is 11.8 Å². The highest BCUT2D eigenvalue weighted by atomic mass is 19.4. The molecule has 2 aliphatic heterocycles. The summed E-state index contributed by atoms with van der Waals surface area (Å²) in [6, 6.07) is 1.02. The number of aromatic nitrogens is 2. The fourth-order valence-electron chi connectivity index (χ4n) is 2.55. The average Bonchev–Trinajstić information content (AvgIpc) is 2.88. The molecule has 2 atom stereocenters. The second kappa shape index (κ2) is 4.08. The van der Waals surface area contributed by atoms with E-state index in [9.17, 15) is 13.2 Å². The Morgan fingerprint density at radius 1 is 1.17 bits per heavy atom. The largest absolute Gasteiger partial charge is 0.433 e. The number of alkyl halides is 3. The fraction of sp³-hybridized carbons (Fsp3) is 0.636. The molecule has 1 aromatic rings. The number of nitrogens with zero attached hydrogens (tertiary/aromatic N) is 3. The fourth-order valence-corrected chi connectivity index (χ4v) is 2.55. The van der Waals surface area contributed by atoms with Gasteiger partial charge in [-0.3, -0.25) is 0 Å². The minimum Gasteiger partial charge on any atom is -0.381 e. The lowest BCUT2D eigenvalue weighted by Crippen LogP contribution is -2.24. The van der Waals surface area contributed by atoms with Gasteiger partial charge in [0.15, 0.2) is 0 Å². The summed E-state index contributed by atoms with van der Waals surface area (Å²) in [5, 5.41) is 0. The van der Waals surface area contributed by atoms with Crippen LogP contribution in [-0.2, 0) is 10.9 Å². The molecule has 2 aliphatic rings. The van der Waals surface area contributed by atoms with Gasteiger partial charge in [0.25, 0.3) is 0 Å². The van der Waals surface area contributed by atoms with Gasteiger partial charge in [-0.1, -0.05) is 0 Å². The summed E-state index contributed by atoms with van der Waals surface area (Å²) in [4.78, 5) is 9.09. The summed E-state index contributed by atoms with van der Waals surface area (Å²) in [7, 11) is 0. The molecule has 3 rings (SSSR count). The van der Waals surface area contributed by atoms with Crippen LogP contribution in [-0.4, -0.2) is 36.3 Å². The summed E-state index contributed by atoms with van der Waals surface area (Å²) in [6.07, 6.45) is -3.45. The summed E-state index contributed by atoms with van der Waals surface area (Å²) >= 11 is 0. The van der Waals surface area contributed by atoms with Crippen molar-refractivity contribution < 1.29 is 17.9 Å². The number of hydrogen-bond acceptors (Lipinski definition) is 4. The maximum Gasteiger partial charge on any atom is 0.433 e. The van der Waals surface area contributed by atoms with E-state index in [2.05, 4.69) is 9.97 Å². The maximum absolute atomic E-state index is 12.6. The molecule has 3 heterocycles. The highest BCUT2D eigenvalue weighted by Gasteiger charge is 2.39. The number of ether oxygens (including phenoxy) is 1. The Labute approximate surface area is 102 Å². The molecule has 2 fully saturated rings. The normalized spacial score (nSPS) is 27.6. The van der Waals surface area contributed by atoms with Crippen molar-refractivity contribution in [2.75, 3.05) is 31.2 Å². The van der Waals surface area contributed by atoms with Crippen molar-refractivity contribution in [3.8, 4) is 0 Å². The number of halogens is 3. The Morgan fingerprint density at radius 2 is 1.83 bits per heavy atom. The first-order chi connectivity index (χ1) is 8.54. The molecular weight excluding hydrogens is 247 g/mol. The molecule has 0 saturated carbocycles. The molecule has 0 aromatic carbocycles. The maximum atomic E-state index is 12.6. The van der Waals surface area contributed by atoms with Gasteiger partial charge in [0.2, 0.25) is 0 Å². The second-order valence-electron chi connectivity index (χ2n) is 4.72. The Balaban J connectivity index is 1.81. The third-order valence-corrected chi connectivity index (χ3v) is 3.51. The monoisotopic (exact) mass is 259 g/mol. The van der Waals surface area contributed by atoms with Crippen LogP contribution in [0, 0.1) is 11.8 Å². The van der Waals surface area contributed by atoms with E-state index in [0.717, 1.165) is 12.4 Å². The molecular formula is C11H12F3N3O. The van der Waals surface area contributed by atoms with Crippen molar-refractivity contribution >= 4 is 5.82 Å². The zero-order valence-electron chi connectivity index (χ0n) is 9.52. The van der Waals surface area contributed by atoms with Crippen molar-refractivity contribution in [3.63, 3.8) is 0 Å². The number of fused-ring (bicyclic) bond motifs is 1. The molecule has 2 saturated heterocycles. The molecule has 98 valence electrons. The van der Waals surface area contributed by atoms with Crippen molar-refractivity contribution in [1.82, 2.24) is 9.97 Å². The first kappa shape index (κ1) is 11.7. The van der Waals surface area contributed by atoms with Gasteiger partial charge in [-0.05, 0) is 0 Å². The summed E-state index contributed by atoms with van der Waals surface area (Å²) < 4.78 is 43.0. The molecule has 7 heteroatoms. The smallest absolute Gasteiger partial charge is 0.381 e. The van der Waals surface area contributed by atoms with Crippen molar-refractivity contribution in [2.45, 2.75) is 6.18 Å². The summed E-state index contributed by atoms with van der Waals surface area (Å²) in [5.41, 5.74) is -0.888. The minimum absolute atomic E-state index is 0.353. The minimum atomic E-state index is -4.42. The molecule has 0 amide bonds. The van der Waals surface area contributed by atoms with Gasteiger partial charge in [-0.15, -0.1) is 0 Å². The first-order valence-corrected chi connectivity index (χ1v) is 5.76. The zero-order valence-corrected chi connectivity index (χ0v) is 9.52. The second-order valence-corrected chi connectivity index (χ2v) is 4.72. The van der Waals surface area contributed by atoms with Crippen molar-refractivity contribution in [1.29, 1.82) is 0 Å². The molecule has 0 spiro atoms. The van der Waals surface area contributed by atoms with E-state index in [4.69, 9.17) is 4.74 Å². The Hall–Kier alpha value is -1.37. The van der Waals surface area contributed by atoms with Gasteiger partial charge in [-0.2, -0.15) is 13.2 Å². The molecule has 0 unspecified atom stereocenters. The highest BCUT2D eigenvalue weighted by molar-refractivity contribution is 5.41. The van der Waals surface area contributed by atoms with Crippen LogP contribution in [0.15, 0.2) is 12.4 Å². The van der Waals surface area contributed by atoms with Crippen molar-refractivity contribution in [3.05, 3.63) is 18.1 Å². The third-order valence-electron chi connectivity index (χ3n) is 3.51. The van der Waals surface area contributed by atoms with E-state index in [1.165, 1.54) is 0 Å². The average molecular weight is 259 g/mol. The van der Waals surface area contributed by atoms with E-state index in [0.29, 0.717) is 44.0 Å². The first-order valence-electron chi connectivity index (χ1n) is 5.76. The van der Waals surface area contributed by atoms with Gasteiger partial charge >= 0.3 is 6.18 Å². The van der Waals surface area contributed by atoms with E-state index in [1.54, 1.807) is 0 Å². The Kier molecular flexibility index (Phi) is 2.65. The van der Waals surface area contributed by atoms with Crippen LogP contribution in [0.4, 0.5) is 19.0 Å². The van der Waals surface area contributed by atoms with Gasteiger partial charge < -0.3 is 9.64 Å².